The van der Waals surface area contributed by atoms with Crippen LogP contribution in [-0.4, -0.2) is 79.1 Å². The highest BCUT2D eigenvalue weighted by atomic mass is 16.7. The van der Waals surface area contributed by atoms with Gasteiger partial charge >= 0.3 is 41.8 Å². The van der Waals surface area contributed by atoms with Gasteiger partial charge in [-0.2, -0.15) is 0 Å². The Morgan fingerprint density at radius 1 is 0.441 bits per heavy atom. The maximum atomic E-state index is 11.9. The summed E-state index contributed by atoms with van der Waals surface area (Å²) < 4.78 is 35.2. The molecule has 0 radical (unpaired) electrons. The number of ether oxygens (including phenoxy) is 7. The standard InChI is InChI=1S/C20H28O14/c1-9(21)28-8-16(29-10(2)22)17(30-11(3)23)18(31-12(4)24)19(32-13(5)25)20(33-14(6)26)34-15(7)27/h16-20H,8H2,1-7H3/t16-,17-,18+,19-/m1/s1. The summed E-state index contributed by atoms with van der Waals surface area (Å²) in [4.78, 5) is 81.8. The van der Waals surface area contributed by atoms with Crippen molar-refractivity contribution in [3.05, 3.63) is 0 Å². The minimum Gasteiger partial charge on any atom is -0.462 e. The van der Waals surface area contributed by atoms with Crippen LogP contribution < -0.4 is 0 Å². The van der Waals surface area contributed by atoms with Crippen molar-refractivity contribution in [2.75, 3.05) is 6.61 Å². The molecule has 0 aromatic carbocycles. The molecule has 0 aliphatic carbocycles. The second-order valence-electron chi connectivity index (χ2n) is 6.76. The molecular formula is C20H28O14. The monoisotopic (exact) mass is 492 g/mol. The van der Waals surface area contributed by atoms with Crippen molar-refractivity contribution in [3.8, 4) is 0 Å². The van der Waals surface area contributed by atoms with Gasteiger partial charge in [-0.3, -0.25) is 33.6 Å². The van der Waals surface area contributed by atoms with Crippen LogP contribution in [0, 0.1) is 0 Å². The van der Waals surface area contributed by atoms with E-state index in [4.69, 9.17) is 33.2 Å². The lowest BCUT2D eigenvalue weighted by atomic mass is 10.0. The Labute approximate surface area is 195 Å². The summed E-state index contributed by atoms with van der Waals surface area (Å²) in [6.45, 7) is 6.13. The Morgan fingerprint density at radius 3 is 1.15 bits per heavy atom. The molecule has 0 heterocycles. The molecule has 14 nitrogen and oxygen atoms in total. The molecule has 0 spiro atoms. The van der Waals surface area contributed by atoms with Crippen LogP contribution >= 0.6 is 0 Å². The van der Waals surface area contributed by atoms with E-state index in [2.05, 4.69) is 0 Å². The van der Waals surface area contributed by atoms with Gasteiger partial charge in [-0.1, -0.05) is 0 Å². The molecule has 0 aromatic heterocycles. The van der Waals surface area contributed by atoms with Gasteiger partial charge in [0.1, 0.15) is 6.61 Å². The third-order valence-electron chi connectivity index (χ3n) is 3.52. The maximum Gasteiger partial charge on any atom is 0.305 e. The molecule has 0 rings (SSSR count). The van der Waals surface area contributed by atoms with Gasteiger partial charge in [-0.15, -0.1) is 0 Å². The van der Waals surface area contributed by atoms with Crippen molar-refractivity contribution in [1.29, 1.82) is 0 Å². The zero-order valence-corrected chi connectivity index (χ0v) is 19.8. The summed E-state index contributed by atoms with van der Waals surface area (Å²) in [5, 5.41) is 0. The molecule has 14 heteroatoms. The van der Waals surface area contributed by atoms with E-state index in [1.54, 1.807) is 0 Å². The summed E-state index contributed by atoms with van der Waals surface area (Å²) in [5.41, 5.74) is 0. The highest BCUT2D eigenvalue weighted by molar-refractivity contribution is 5.70. The smallest absolute Gasteiger partial charge is 0.305 e. The van der Waals surface area contributed by atoms with Crippen molar-refractivity contribution in [2.24, 2.45) is 0 Å². The van der Waals surface area contributed by atoms with E-state index in [0.29, 0.717) is 0 Å². The van der Waals surface area contributed by atoms with Crippen molar-refractivity contribution < 1.29 is 66.7 Å². The molecule has 0 aliphatic rings. The second-order valence-corrected chi connectivity index (χ2v) is 6.76. The number of carbonyl (C=O) groups is 7. The fourth-order valence-electron chi connectivity index (χ4n) is 2.62. The summed E-state index contributed by atoms with van der Waals surface area (Å²) in [6.07, 6.45) is -9.15. The average Bonchev–Trinajstić information content (AvgIpc) is 2.64. The van der Waals surface area contributed by atoms with Crippen LogP contribution in [0.3, 0.4) is 0 Å². The van der Waals surface area contributed by atoms with Gasteiger partial charge in [0.2, 0.25) is 6.10 Å². The predicted octanol–water partition coefficient (Wildman–Crippen LogP) is -0.271. The summed E-state index contributed by atoms with van der Waals surface area (Å²) in [5.74, 6) is -6.64. The van der Waals surface area contributed by atoms with E-state index < -0.39 is 79.1 Å². The molecule has 34 heavy (non-hydrogen) atoms. The van der Waals surface area contributed by atoms with Crippen molar-refractivity contribution >= 4 is 41.8 Å². The van der Waals surface area contributed by atoms with Gasteiger partial charge in [-0.25, -0.2) is 0 Å². The molecule has 0 amide bonds. The van der Waals surface area contributed by atoms with Gasteiger partial charge in [0.25, 0.3) is 6.29 Å². The zero-order valence-electron chi connectivity index (χ0n) is 19.8. The fraction of sp³-hybridized carbons (Fsp3) is 0.650. The van der Waals surface area contributed by atoms with Crippen molar-refractivity contribution in [1.82, 2.24) is 0 Å². The number of rotatable bonds is 12. The molecule has 0 saturated carbocycles. The van der Waals surface area contributed by atoms with Gasteiger partial charge in [0, 0.05) is 48.5 Å². The van der Waals surface area contributed by atoms with E-state index in [1.807, 2.05) is 0 Å². The summed E-state index contributed by atoms with van der Waals surface area (Å²) in [7, 11) is 0. The van der Waals surface area contributed by atoms with Crippen LogP contribution in [0.15, 0.2) is 0 Å². The van der Waals surface area contributed by atoms with Crippen LogP contribution in [0.5, 0.6) is 0 Å². The van der Waals surface area contributed by atoms with Crippen LogP contribution in [0.4, 0.5) is 0 Å². The minimum absolute atomic E-state index is 0.677. The Balaban J connectivity index is 6.76. The van der Waals surface area contributed by atoms with Gasteiger partial charge in [-0.05, 0) is 0 Å². The number of hydrogen-bond acceptors (Lipinski definition) is 14. The summed E-state index contributed by atoms with van der Waals surface area (Å²) >= 11 is 0. The Hall–Kier alpha value is -3.71. The Kier molecular flexibility index (Phi) is 12.9. The van der Waals surface area contributed by atoms with E-state index in [0.717, 1.165) is 48.5 Å². The van der Waals surface area contributed by atoms with Gasteiger partial charge in [0.05, 0.1) is 0 Å². The summed E-state index contributed by atoms with van der Waals surface area (Å²) in [6, 6.07) is 0. The average molecular weight is 492 g/mol. The van der Waals surface area contributed by atoms with Gasteiger partial charge in [0.15, 0.2) is 18.3 Å². The first-order valence-electron chi connectivity index (χ1n) is 9.80. The van der Waals surface area contributed by atoms with E-state index >= 15 is 0 Å². The topological polar surface area (TPSA) is 184 Å². The molecule has 0 aromatic rings. The maximum absolute atomic E-state index is 11.9. The molecule has 0 aliphatic heterocycles. The van der Waals surface area contributed by atoms with Crippen LogP contribution in [0.1, 0.15) is 48.5 Å². The molecule has 4 atom stereocenters. The van der Waals surface area contributed by atoms with E-state index in [1.165, 1.54) is 0 Å². The van der Waals surface area contributed by atoms with Crippen LogP contribution in [-0.2, 0) is 66.7 Å². The quantitative estimate of drug-likeness (QED) is 0.197. The third-order valence-corrected chi connectivity index (χ3v) is 3.52. The van der Waals surface area contributed by atoms with Crippen molar-refractivity contribution in [2.45, 2.75) is 79.2 Å². The first kappa shape index (κ1) is 30.3. The van der Waals surface area contributed by atoms with Crippen LogP contribution in [0.2, 0.25) is 0 Å². The molecule has 0 N–H and O–H groups in total. The molecule has 0 saturated heterocycles. The molecule has 0 fully saturated rings. The van der Waals surface area contributed by atoms with E-state index in [-0.39, 0.29) is 0 Å². The zero-order chi connectivity index (χ0) is 26.6. The lowest BCUT2D eigenvalue weighted by Gasteiger charge is -2.37. The Bertz CT molecular complexity index is 772. The number of carbonyl (C=O) groups excluding carboxylic acids is 7. The number of hydrogen-bond donors (Lipinski definition) is 0. The number of esters is 7. The molecule has 0 unspecified atom stereocenters. The molecular weight excluding hydrogens is 464 g/mol. The van der Waals surface area contributed by atoms with Crippen molar-refractivity contribution in [3.63, 3.8) is 0 Å². The largest absolute Gasteiger partial charge is 0.462 e. The Morgan fingerprint density at radius 2 is 0.794 bits per heavy atom. The predicted molar refractivity (Wildman–Crippen MR) is 106 cm³/mol. The highest BCUT2D eigenvalue weighted by Gasteiger charge is 2.49. The highest BCUT2D eigenvalue weighted by Crippen LogP contribution is 2.24. The molecule has 0 bridgehead atoms. The first-order chi connectivity index (χ1) is 15.6. The molecule has 192 valence electrons. The lowest BCUT2D eigenvalue weighted by molar-refractivity contribution is -0.243. The normalized spacial score (nSPS) is 13.9. The van der Waals surface area contributed by atoms with Gasteiger partial charge < -0.3 is 33.2 Å². The SMILES string of the molecule is CC(=O)OC[C@@H](OC(C)=O)[C@@H](OC(C)=O)[C@H](OC(C)=O)[C@@H](OC(C)=O)C(OC(C)=O)OC(C)=O. The van der Waals surface area contributed by atoms with Crippen LogP contribution in [0.25, 0.3) is 0 Å². The second kappa shape index (κ2) is 14.4. The van der Waals surface area contributed by atoms with E-state index in [9.17, 15) is 33.6 Å². The lowest BCUT2D eigenvalue weighted by Crippen LogP contribution is -2.57. The fourth-order valence-corrected chi connectivity index (χ4v) is 2.62. The first-order valence-corrected chi connectivity index (χ1v) is 9.80. The minimum atomic E-state index is -1.98. The third kappa shape index (κ3) is 12.4.